The Kier molecular flexibility index (Phi) is 6.18. The van der Waals surface area contributed by atoms with Crippen LogP contribution in [0, 0.1) is 13.8 Å². The fourth-order valence-corrected chi connectivity index (χ4v) is 5.17. The predicted molar refractivity (Wildman–Crippen MR) is 118 cm³/mol. The summed E-state index contributed by atoms with van der Waals surface area (Å²) in [6, 6.07) is 10.0. The van der Waals surface area contributed by atoms with Gasteiger partial charge in [-0.3, -0.25) is 14.5 Å². The summed E-state index contributed by atoms with van der Waals surface area (Å²) in [7, 11) is -3.76. The Hall–Kier alpha value is -2.95. The van der Waals surface area contributed by atoms with E-state index in [0.717, 1.165) is 11.1 Å². The van der Waals surface area contributed by atoms with E-state index in [9.17, 15) is 18.0 Å². The zero-order valence-electron chi connectivity index (χ0n) is 18.0. The van der Waals surface area contributed by atoms with Crippen molar-refractivity contribution in [1.82, 2.24) is 4.31 Å². The van der Waals surface area contributed by atoms with Gasteiger partial charge in [0.15, 0.2) is 6.61 Å². The molecule has 2 aliphatic heterocycles. The molecular weight excluding hydrogens is 434 g/mol. The van der Waals surface area contributed by atoms with Crippen LogP contribution in [0.3, 0.4) is 0 Å². The summed E-state index contributed by atoms with van der Waals surface area (Å²) in [4.78, 5) is 26.6. The van der Waals surface area contributed by atoms with Gasteiger partial charge in [-0.25, -0.2) is 8.42 Å². The molecule has 1 saturated heterocycles. The fourth-order valence-electron chi connectivity index (χ4n) is 3.74. The molecule has 9 nitrogen and oxygen atoms in total. The Morgan fingerprint density at radius 2 is 1.84 bits per heavy atom. The number of hydrogen-bond acceptors (Lipinski definition) is 6. The van der Waals surface area contributed by atoms with Crippen molar-refractivity contribution < 1.29 is 27.5 Å². The van der Waals surface area contributed by atoms with Gasteiger partial charge >= 0.3 is 0 Å². The molecule has 0 spiro atoms. The van der Waals surface area contributed by atoms with E-state index in [2.05, 4.69) is 5.32 Å². The van der Waals surface area contributed by atoms with Crippen LogP contribution >= 0.6 is 0 Å². The largest absolute Gasteiger partial charge is 0.482 e. The zero-order chi connectivity index (χ0) is 22.9. The van der Waals surface area contributed by atoms with E-state index in [-0.39, 0.29) is 42.7 Å². The number of nitrogens with zero attached hydrogens (tertiary/aromatic N) is 2. The first kappa shape index (κ1) is 22.3. The van der Waals surface area contributed by atoms with E-state index in [1.165, 1.54) is 27.4 Å². The van der Waals surface area contributed by atoms with Crippen molar-refractivity contribution in [2.24, 2.45) is 0 Å². The van der Waals surface area contributed by atoms with Gasteiger partial charge in [0.25, 0.3) is 5.91 Å². The summed E-state index contributed by atoms with van der Waals surface area (Å²) < 4.78 is 38.1. The van der Waals surface area contributed by atoms with Crippen LogP contribution in [0.1, 0.15) is 11.1 Å². The fraction of sp³-hybridized carbons (Fsp3) is 0.364. The highest BCUT2D eigenvalue weighted by atomic mass is 32.2. The van der Waals surface area contributed by atoms with E-state index < -0.39 is 15.9 Å². The van der Waals surface area contributed by atoms with E-state index in [1.807, 2.05) is 32.0 Å². The van der Waals surface area contributed by atoms with Crippen molar-refractivity contribution >= 4 is 33.2 Å². The Labute approximate surface area is 187 Å². The maximum atomic E-state index is 13.0. The first-order valence-corrected chi connectivity index (χ1v) is 11.7. The molecule has 2 aliphatic rings. The SMILES string of the molecule is Cc1ccc(NC(=O)CN2C(=O)COc3ccc(S(=O)(=O)N4CCOCC4)cc32)c(C)c1. The number of aryl methyl sites for hydroxylation is 2. The molecule has 1 N–H and O–H groups in total. The van der Waals surface area contributed by atoms with Crippen molar-refractivity contribution in [3.8, 4) is 5.75 Å². The highest BCUT2D eigenvalue weighted by Gasteiger charge is 2.32. The smallest absolute Gasteiger partial charge is 0.265 e. The van der Waals surface area contributed by atoms with E-state index in [4.69, 9.17) is 9.47 Å². The lowest BCUT2D eigenvalue weighted by molar-refractivity contribution is -0.123. The standard InChI is InChI=1S/C22H25N3O6S/c1-15-3-5-18(16(2)11-15)23-21(26)13-25-19-12-17(4-6-20(19)31-14-22(25)27)32(28,29)24-7-9-30-10-8-24/h3-6,11-12H,7-10,13-14H2,1-2H3,(H,23,26). The lowest BCUT2D eigenvalue weighted by atomic mass is 10.1. The van der Waals surface area contributed by atoms with Crippen LogP contribution in [0.4, 0.5) is 11.4 Å². The number of fused-ring (bicyclic) bond motifs is 1. The lowest BCUT2D eigenvalue weighted by Gasteiger charge is -2.30. The number of carbonyl (C=O) groups is 2. The normalized spacial score (nSPS) is 16.9. The monoisotopic (exact) mass is 459 g/mol. The molecule has 0 aliphatic carbocycles. The Morgan fingerprint density at radius 1 is 1.09 bits per heavy atom. The molecule has 0 bridgehead atoms. The quantitative estimate of drug-likeness (QED) is 0.730. The highest BCUT2D eigenvalue weighted by Crippen LogP contribution is 2.35. The van der Waals surface area contributed by atoms with Gasteiger partial charge < -0.3 is 14.8 Å². The number of benzene rings is 2. The van der Waals surface area contributed by atoms with Gasteiger partial charge in [-0.05, 0) is 43.7 Å². The van der Waals surface area contributed by atoms with Crippen LogP contribution in [0.15, 0.2) is 41.3 Å². The van der Waals surface area contributed by atoms with Crippen LogP contribution in [-0.2, 0) is 24.3 Å². The second-order valence-corrected chi connectivity index (χ2v) is 9.72. The van der Waals surface area contributed by atoms with Crippen molar-refractivity contribution in [2.75, 3.05) is 49.7 Å². The summed E-state index contributed by atoms with van der Waals surface area (Å²) in [6.45, 7) is 4.55. The average Bonchev–Trinajstić information content (AvgIpc) is 2.78. The van der Waals surface area contributed by atoms with Gasteiger partial charge in [-0.15, -0.1) is 0 Å². The number of sulfonamides is 1. The molecule has 2 aromatic carbocycles. The molecule has 32 heavy (non-hydrogen) atoms. The number of rotatable bonds is 5. The van der Waals surface area contributed by atoms with Gasteiger partial charge in [0, 0.05) is 18.8 Å². The predicted octanol–water partition coefficient (Wildman–Crippen LogP) is 1.69. The molecule has 1 fully saturated rings. The zero-order valence-corrected chi connectivity index (χ0v) is 18.8. The van der Waals surface area contributed by atoms with Crippen LogP contribution < -0.4 is 15.0 Å². The third kappa shape index (κ3) is 4.47. The number of hydrogen-bond donors (Lipinski definition) is 1. The second kappa shape index (κ2) is 8.89. The maximum Gasteiger partial charge on any atom is 0.265 e. The van der Waals surface area contributed by atoms with Crippen LogP contribution in [-0.4, -0.2) is 64.0 Å². The van der Waals surface area contributed by atoms with Crippen molar-refractivity contribution in [1.29, 1.82) is 0 Å². The van der Waals surface area contributed by atoms with Crippen LogP contribution in [0.5, 0.6) is 5.75 Å². The molecule has 0 aromatic heterocycles. The molecule has 2 heterocycles. The molecule has 0 atom stereocenters. The third-order valence-corrected chi connectivity index (χ3v) is 7.33. The minimum atomic E-state index is -3.76. The Bertz CT molecular complexity index is 1160. The molecule has 0 unspecified atom stereocenters. The molecule has 10 heteroatoms. The molecule has 2 aromatic rings. The number of anilines is 2. The minimum Gasteiger partial charge on any atom is -0.482 e. The highest BCUT2D eigenvalue weighted by molar-refractivity contribution is 7.89. The van der Waals surface area contributed by atoms with Crippen molar-refractivity contribution in [3.63, 3.8) is 0 Å². The topological polar surface area (TPSA) is 105 Å². The molecule has 4 rings (SSSR count). The second-order valence-electron chi connectivity index (χ2n) is 7.78. The van der Waals surface area contributed by atoms with E-state index >= 15 is 0 Å². The van der Waals surface area contributed by atoms with Crippen LogP contribution in [0.25, 0.3) is 0 Å². The first-order chi connectivity index (χ1) is 15.3. The Balaban J connectivity index is 1.59. The van der Waals surface area contributed by atoms with Gasteiger partial charge in [0.2, 0.25) is 15.9 Å². The first-order valence-electron chi connectivity index (χ1n) is 10.3. The number of amides is 2. The number of carbonyl (C=O) groups excluding carboxylic acids is 2. The summed E-state index contributed by atoms with van der Waals surface area (Å²) in [5.74, 6) is -0.460. The van der Waals surface area contributed by atoms with Crippen molar-refractivity contribution in [2.45, 2.75) is 18.7 Å². The molecule has 2 amide bonds. The van der Waals surface area contributed by atoms with Gasteiger partial charge in [-0.2, -0.15) is 4.31 Å². The van der Waals surface area contributed by atoms with Crippen LogP contribution in [0.2, 0.25) is 0 Å². The molecule has 0 radical (unpaired) electrons. The molecular formula is C22H25N3O6S. The minimum absolute atomic E-state index is 0.0382. The number of nitrogens with one attached hydrogen (secondary N) is 1. The summed E-state index contributed by atoms with van der Waals surface area (Å²) in [5, 5.41) is 2.82. The van der Waals surface area contributed by atoms with Gasteiger partial charge in [0.05, 0.1) is 23.8 Å². The molecule has 170 valence electrons. The van der Waals surface area contributed by atoms with E-state index in [0.29, 0.717) is 24.7 Å². The summed E-state index contributed by atoms with van der Waals surface area (Å²) >= 11 is 0. The summed E-state index contributed by atoms with van der Waals surface area (Å²) in [5.41, 5.74) is 2.90. The van der Waals surface area contributed by atoms with E-state index in [1.54, 1.807) is 0 Å². The number of ether oxygens (including phenoxy) is 2. The average molecular weight is 460 g/mol. The number of morpholine rings is 1. The van der Waals surface area contributed by atoms with Crippen molar-refractivity contribution in [3.05, 3.63) is 47.5 Å². The summed E-state index contributed by atoms with van der Waals surface area (Å²) in [6.07, 6.45) is 0. The maximum absolute atomic E-state index is 13.0. The molecule has 0 saturated carbocycles. The van der Waals surface area contributed by atoms with Gasteiger partial charge in [-0.1, -0.05) is 17.7 Å². The van der Waals surface area contributed by atoms with Gasteiger partial charge in [0.1, 0.15) is 12.3 Å². The lowest BCUT2D eigenvalue weighted by Crippen LogP contribution is -2.44. The Morgan fingerprint density at radius 3 is 2.56 bits per heavy atom. The third-order valence-electron chi connectivity index (χ3n) is 5.44.